The summed E-state index contributed by atoms with van der Waals surface area (Å²) >= 11 is 0. The van der Waals surface area contributed by atoms with Crippen molar-refractivity contribution in [1.29, 1.82) is 0 Å². The average Bonchev–Trinajstić information content (AvgIpc) is 2.12. The first-order chi connectivity index (χ1) is 4.88. The lowest BCUT2D eigenvalue weighted by molar-refractivity contribution is -0.0671. The smallest absolute Gasteiger partial charge is 0.0645 e. The van der Waals surface area contributed by atoms with Gasteiger partial charge in [0.25, 0.3) is 0 Å². The number of ether oxygens (including phenoxy) is 1. The molecule has 0 aromatic carbocycles. The molecule has 0 saturated carbocycles. The van der Waals surface area contributed by atoms with Gasteiger partial charge in [-0.3, -0.25) is 4.90 Å². The molecule has 2 aliphatic heterocycles. The predicted octanol–water partition coefficient (Wildman–Crippen LogP) is 0.869. The molecule has 0 aromatic rings. The maximum atomic E-state index is 5.15. The monoisotopic (exact) mass is 141 g/mol. The summed E-state index contributed by atoms with van der Waals surface area (Å²) in [5.41, 5.74) is 0. The van der Waals surface area contributed by atoms with Gasteiger partial charge in [0.05, 0.1) is 19.3 Å². The van der Waals surface area contributed by atoms with Crippen LogP contribution in [0.15, 0.2) is 0 Å². The van der Waals surface area contributed by atoms with Crippen LogP contribution in [-0.4, -0.2) is 36.7 Å². The van der Waals surface area contributed by atoms with E-state index in [0.717, 1.165) is 25.3 Å². The molecule has 10 heavy (non-hydrogen) atoms. The highest BCUT2D eigenvalue weighted by atomic mass is 16.5. The van der Waals surface area contributed by atoms with Crippen molar-refractivity contribution in [1.82, 2.24) is 4.90 Å². The highest BCUT2D eigenvalue weighted by Crippen LogP contribution is 2.22. The summed E-state index contributed by atoms with van der Waals surface area (Å²) in [4.78, 5) is 2.59. The Morgan fingerprint density at radius 2 is 2.20 bits per heavy atom. The lowest BCUT2D eigenvalue weighted by Gasteiger charge is -2.37. The van der Waals surface area contributed by atoms with Crippen molar-refractivity contribution in [2.75, 3.05) is 19.8 Å². The Morgan fingerprint density at radius 3 is 2.60 bits per heavy atom. The molecule has 2 heterocycles. The fraction of sp³-hybridized carbons (Fsp3) is 1.00. The lowest BCUT2D eigenvalue weighted by atomic mass is 10.2. The molecule has 2 fully saturated rings. The number of hydrogen-bond acceptors (Lipinski definition) is 2. The third kappa shape index (κ3) is 0.956. The molecule has 2 nitrogen and oxygen atoms in total. The second-order valence-electron chi connectivity index (χ2n) is 3.42. The zero-order valence-electron chi connectivity index (χ0n) is 6.55. The topological polar surface area (TPSA) is 12.5 Å². The van der Waals surface area contributed by atoms with Crippen LogP contribution < -0.4 is 0 Å². The van der Waals surface area contributed by atoms with Gasteiger partial charge in [-0.15, -0.1) is 0 Å². The Labute approximate surface area is 62.2 Å². The molecule has 2 rings (SSSR count). The minimum Gasteiger partial charge on any atom is -0.378 e. The van der Waals surface area contributed by atoms with Crippen LogP contribution in [0.4, 0.5) is 0 Å². The van der Waals surface area contributed by atoms with Crippen molar-refractivity contribution >= 4 is 0 Å². The first-order valence-corrected chi connectivity index (χ1v) is 4.21. The summed E-state index contributed by atoms with van der Waals surface area (Å²) in [5, 5.41) is 0. The normalized spacial score (nSPS) is 36.3. The number of rotatable bonds is 1. The number of hydrogen-bond donors (Lipinski definition) is 0. The highest BCUT2D eigenvalue weighted by Gasteiger charge is 2.31. The molecule has 1 atom stereocenters. The van der Waals surface area contributed by atoms with E-state index in [1.165, 1.54) is 19.4 Å². The van der Waals surface area contributed by atoms with Crippen LogP contribution in [-0.2, 0) is 4.74 Å². The molecule has 58 valence electrons. The van der Waals surface area contributed by atoms with Crippen molar-refractivity contribution in [3.8, 4) is 0 Å². The van der Waals surface area contributed by atoms with Gasteiger partial charge < -0.3 is 4.74 Å². The first kappa shape index (κ1) is 6.62. The molecule has 0 bridgehead atoms. The molecular formula is C8H15NO. The summed E-state index contributed by atoms with van der Waals surface area (Å²) in [7, 11) is 0. The van der Waals surface area contributed by atoms with Crippen LogP contribution in [0.5, 0.6) is 0 Å². The van der Waals surface area contributed by atoms with Gasteiger partial charge in [-0.2, -0.15) is 0 Å². The molecule has 2 heteroatoms. The van der Waals surface area contributed by atoms with Crippen LogP contribution in [0.3, 0.4) is 0 Å². The van der Waals surface area contributed by atoms with Gasteiger partial charge in [-0.1, -0.05) is 0 Å². The van der Waals surface area contributed by atoms with E-state index in [0.29, 0.717) is 0 Å². The Hall–Kier alpha value is -0.0800. The summed E-state index contributed by atoms with van der Waals surface area (Å²) in [6, 6.07) is 1.58. The second-order valence-corrected chi connectivity index (χ2v) is 3.42. The van der Waals surface area contributed by atoms with Crippen LogP contribution in [0, 0.1) is 0 Å². The fourth-order valence-electron chi connectivity index (χ4n) is 1.91. The molecule has 0 spiro atoms. The molecule has 0 aromatic heterocycles. The number of likely N-dealkylation sites (tertiary alicyclic amines) is 1. The third-order valence-electron chi connectivity index (χ3n) is 2.69. The van der Waals surface area contributed by atoms with Gasteiger partial charge in [-0.25, -0.2) is 0 Å². The molecule has 0 N–H and O–H groups in total. The molecule has 1 unspecified atom stereocenters. The van der Waals surface area contributed by atoms with Crippen molar-refractivity contribution in [2.45, 2.75) is 31.8 Å². The van der Waals surface area contributed by atoms with Gasteiger partial charge in [0.2, 0.25) is 0 Å². The van der Waals surface area contributed by atoms with Gasteiger partial charge in [0.15, 0.2) is 0 Å². The first-order valence-electron chi connectivity index (χ1n) is 4.21. The molecule has 0 amide bonds. The Kier molecular flexibility index (Phi) is 1.66. The van der Waals surface area contributed by atoms with Gasteiger partial charge in [0, 0.05) is 6.04 Å². The van der Waals surface area contributed by atoms with Crippen LogP contribution >= 0.6 is 0 Å². The van der Waals surface area contributed by atoms with Gasteiger partial charge >= 0.3 is 0 Å². The van der Waals surface area contributed by atoms with E-state index < -0.39 is 0 Å². The van der Waals surface area contributed by atoms with E-state index in [1.807, 2.05) is 0 Å². The number of nitrogens with zero attached hydrogens (tertiary/aromatic N) is 1. The second kappa shape index (κ2) is 2.51. The molecule has 2 aliphatic rings. The van der Waals surface area contributed by atoms with Crippen LogP contribution in [0.2, 0.25) is 0 Å². The van der Waals surface area contributed by atoms with Crippen LogP contribution in [0.25, 0.3) is 0 Å². The molecule has 2 saturated heterocycles. The summed E-state index contributed by atoms with van der Waals surface area (Å²) in [5.74, 6) is 0. The van der Waals surface area contributed by atoms with Crippen molar-refractivity contribution in [3.63, 3.8) is 0 Å². The third-order valence-corrected chi connectivity index (χ3v) is 2.69. The van der Waals surface area contributed by atoms with Crippen LogP contribution in [0.1, 0.15) is 19.8 Å². The average molecular weight is 141 g/mol. The Balaban J connectivity index is 1.90. The van der Waals surface area contributed by atoms with E-state index in [1.54, 1.807) is 0 Å². The minimum absolute atomic E-state index is 0.762. The zero-order valence-corrected chi connectivity index (χ0v) is 6.55. The SMILES string of the molecule is CC1CCCN1C1COC1. The van der Waals surface area contributed by atoms with E-state index in [-0.39, 0.29) is 0 Å². The van der Waals surface area contributed by atoms with Crippen molar-refractivity contribution in [2.24, 2.45) is 0 Å². The molecular weight excluding hydrogens is 126 g/mol. The maximum absolute atomic E-state index is 5.15. The van der Waals surface area contributed by atoms with Crippen molar-refractivity contribution in [3.05, 3.63) is 0 Å². The van der Waals surface area contributed by atoms with Crippen molar-refractivity contribution < 1.29 is 4.74 Å². The quantitative estimate of drug-likeness (QED) is 0.537. The standard InChI is InChI=1S/C8H15NO/c1-7-3-2-4-9(7)8-5-10-6-8/h7-8H,2-6H2,1H3. The molecule has 0 radical (unpaired) electrons. The summed E-state index contributed by atoms with van der Waals surface area (Å²) in [6.07, 6.45) is 2.77. The largest absolute Gasteiger partial charge is 0.378 e. The van der Waals surface area contributed by atoms with Gasteiger partial charge in [0.1, 0.15) is 0 Å². The van der Waals surface area contributed by atoms with E-state index in [4.69, 9.17) is 4.74 Å². The van der Waals surface area contributed by atoms with E-state index >= 15 is 0 Å². The highest BCUT2D eigenvalue weighted by molar-refractivity contribution is 4.85. The predicted molar refractivity (Wildman–Crippen MR) is 40.0 cm³/mol. The Morgan fingerprint density at radius 1 is 1.40 bits per heavy atom. The summed E-state index contributed by atoms with van der Waals surface area (Å²) < 4.78 is 5.15. The van der Waals surface area contributed by atoms with Gasteiger partial charge in [-0.05, 0) is 26.3 Å². The maximum Gasteiger partial charge on any atom is 0.0645 e. The van der Waals surface area contributed by atoms with E-state index in [2.05, 4.69) is 11.8 Å². The molecule has 0 aliphatic carbocycles. The fourth-order valence-corrected chi connectivity index (χ4v) is 1.91. The lowest BCUT2D eigenvalue weighted by Crippen LogP contribution is -2.50. The minimum atomic E-state index is 0.762. The summed E-state index contributed by atoms with van der Waals surface area (Å²) in [6.45, 7) is 5.58. The zero-order chi connectivity index (χ0) is 6.97. The Bertz CT molecular complexity index is 122. The van der Waals surface area contributed by atoms with E-state index in [9.17, 15) is 0 Å².